The highest BCUT2D eigenvalue weighted by Crippen LogP contribution is 2.45. The monoisotopic (exact) mass is 203 g/mol. The molecule has 2 aliphatic heterocycles. The molecule has 0 radical (unpaired) electrons. The number of thioether (sulfide) groups is 2. The van der Waals surface area contributed by atoms with E-state index in [9.17, 15) is 0 Å². The van der Waals surface area contributed by atoms with Gasteiger partial charge in [-0.15, -0.1) is 0 Å². The summed E-state index contributed by atoms with van der Waals surface area (Å²) < 4.78 is 0.600. The molecule has 0 aromatic heterocycles. The Bertz CT molecular complexity index is 149. The molecule has 12 heavy (non-hydrogen) atoms. The third kappa shape index (κ3) is 1.94. The fourth-order valence-corrected chi connectivity index (χ4v) is 5.37. The van der Waals surface area contributed by atoms with Gasteiger partial charge in [-0.1, -0.05) is 0 Å². The zero-order valence-electron chi connectivity index (χ0n) is 7.42. The van der Waals surface area contributed by atoms with Crippen molar-refractivity contribution >= 4 is 23.5 Å². The zero-order chi connectivity index (χ0) is 8.44. The van der Waals surface area contributed by atoms with Gasteiger partial charge in [0.05, 0.1) is 0 Å². The van der Waals surface area contributed by atoms with E-state index in [0.29, 0.717) is 10.8 Å². The van der Waals surface area contributed by atoms with Crippen molar-refractivity contribution in [3.63, 3.8) is 0 Å². The minimum absolute atomic E-state index is 0.495. The van der Waals surface area contributed by atoms with Crippen molar-refractivity contribution in [2.24, 2.45) is 5.73 Å². The van der Waals surface area contributed by atoms with Crippen LogP contribution in [0.3, 0.4) is 0 Å². The van der Waals surface area contributed by atoms with E-state index in [1.54, 1.807) is 0 Å². The lowest BCUT2D eigenvalue weighted by molar-refractivity contribution is 0.428. The Balaban J connectivity index is 1.97. The lowest BCUT2D eigenvalue weighted by Gasteiger charge is -2.41. The molecule has 2 N–H and O–H groups in total. The molecule has 1 nitrogen and oxygen atoms in total. The van der Waals surface area contributed by atoms with Gasteiger partial charge in [-0.25, -0.2) is 0 Å². The van der Waals surface area contributed by atoms with Crippen molar-refractivity contribution in [1.82, 2.24) is 0 Å². The fraction of sp³-hybridized carbons (Fsp3) is 1.00. The molecule has 1 unspecified atom stereocenters. The molecule has 2 aliphatic rings. The molecule has 2 heterocycles. The van der Waals surface area contributed by atoms with Crippen LogP contribution in [0.25, 0.3) is 0 Å². The highest BCUT2D eigenvalue weighted by atomic mass is 32.2. The molecule has 70 valence electrons. The maximum absolute atomic E-state index is 6.02. The van der Waals surface area contributed by atoms with Crippen LogP contribution in [-0.4, -0.2) is 28.0 Å². The first kappa shape index (κ1) is 9.22. The summed E-state index contributed by atoms with van der Waals surface area (Å²) in [5.74, 6) is 4.02. The first-order chi connectivity index (χ1) is 5.81. The van der Waals surface area contributed by atoms with Crippen LogP contribution >= 0.6 is 23.5 Å². The van der Waals surface area contributed by atoms with Gasteiger partial charge in [0, 0.05) is 10.8 Å². The second-order valence-electron chi connectivity index (χ2n) is 3.90. The Morgan fingerprint density at radius 1 is 1.17 bits per heavy atom. The molecule has 2 fully saturated rings. The van der Waals surface area contributed by atoms with Gasteiger partial charge in [0.1, 0.15) is 0 Å². The van der Waals surface area contributed by atoms with Crippen molar-refractivity contribution in [2.75, 3.05) is 17.3 Å². The van der Waals surface area contributed by atoms with Crippen LogP contribution in [0.2, 0.25) is 0 Å². The van der Waals surface area contributed by atoms with E-state index in [1.165, 1.54) is 42.9 Å². The van der Waals surface area contributed by atoms with E-state index in [1.807, 2.05) is 0 Å². The van der Waals surface area contributed by atoms with E-state index in [0.717, 1.165) is 0 Å². The minimum Gasteiger partial charge on any atom is -0.328 e. The van der Waals surface area contributed by atoms with Crippen molar-refractivity contribution in [3.05, 3.63) is 0 Å². The summed E-state index contributed by atoms with van der Waals surface area (Å²) in [6.07, 6.45) is 5.31. The second kappa shape index (κ2) is 3.81. The van der Waals surface area contributed by atoms with Crippen molar-refractivity contribution in [1.29, 1.82) is 0 Å². The molecule has 0 aromatic rings. The Labute approximate surface area is 83.2 Å². The Kier molecular flexibility index (Phi) is 2.93. The lowest BCUT2D eigenvalue weighted by atomic mass is 9.92. The van der Waals surface area contributed by atoms with E-state index < -0.39 is 0 Å². The molecule has 1 atom stereocenters. The number of hydrogen-bond acceptors (Lipinski definition) is 3. The van der Waals surface area contributed by atoms with Gasteiger partial charge in [-0.05, 0) is 42.9 Å². The average Bonchev–Trinajstić information content (AvgIpc) is 2.05. The average molecular weight is 203 g/mol. The van der Waals surface area contributed by atoms with Crippen LogP contribution in [0.15, 0.2) is 0 Å². The SMILES string of the molecule is NC1CCSC2(CCSCC2)C1. The molecule has 3 heteroatoms. The zero-order valence-corrected chi connectivity index (χ0v) is 9.05. The molecule has 0 amide bonds. The topological polar surface area (TPSA) is 26.0 Å². The van der Waals surface area contributed by atoms with Gasteiger partial charge in [0.15, 0.2) is 0 Å². The van der Waals surface area contributed by atoms with Crippen molar-refractivity contribution in [3.8, 4) is 0 Å². The summed E-state index contributed by atoms with van der Waals surface area (Å²) in [5.41, 5.74) is 6.02. The molecule has 1 spiro atoms. The second-order valence-corrected chi connectivity index (χ2v) is 6.68. The largest absolute Gasteiger partial charge is 0.328 e. The highest BCUT2D eigenvalue weighted by molar-refractivity contribution is 8.01. The van der Waals surface area contributed by atoms with Crippen molar-refractivity contribution in [2.45, 2.75) is 36.5 Å². The lowest BCUT2D eigenvalue weighted by Crippen LogP contribution is -2.41. The normalized spacial score (nSPS) is 35.2. The van der Waals surface area contributed by atoms with Gasteiger partial charge in [0.25, 0.3) is 0 Å². The third-order valence-corrected chi connectivity index (χ3v) is 5.55. The number of nitrogens with two attached hydrogens (primary N) is 1. The quantitative estimate of drug-likeness (QED) is 0.653. The molecule has 0 aliphatic carbocycles. The fourth-order valence-electron chi connectivity index (χ4n) is 2.16. The van der Waals surface area contributed by atoms with Gasteiger partial charge in [0.2, 0.25) is 0 Å². The maximum Gasteiger partial charge on any atom is 0.0190 e. The van der Waals surface area contributed by atoms with Crippen LogP contribution in [-0.2, 0) is 0 Å². The van der Waals surface area contributed by atoms with Gasteiger partial charge in [-0.2, -0.15) is 23.5 Å². The Hall–Kier alpha value is 0.660. The van der Waals surface area contributed by atoms with Gasteiger partial charge < -0.3 is 5.73 Å². The summed E-state index contributed by atoms with van der Waals surface area (Å²) >= 11 is 4.31. The van der Waals surface area contributed by atoms with Crippen LogP contribution in [0.4, 0.5) is 0 Å². The molecule has 2 rings (SSSR count). The minimum atomic E-state index is 0.495. The van der Waals surface area contributed by atoms with E-state index in [2.05, 4.69) is 23.5 Å². The summed E-state index contributed by atoms with van der Waals surface area (Å²) in [6.45, 7) is 0. The Morgan fingerprint density at radius 2 is 1.92 bits per heavy atom. The molecular formula is C9H17NS2. The third-order valence-electron chi connectivity index (χ3n) is 2.94. The predicted molar refractivity (Wildman–Crippen MR) is 59.0 cm³/mol. The van der Waals surface area contributed by atoms with E-state index in [-0.39, 0.29) is 0 Å². The maximum atomic E-state index is 6.02. The van der Waals surface area contributed by atoms with Crippen LogP contribution in [0.5, 0.6) is 0 Å². The smallest absolute Gasteiger partial charge is 0.0190 e. The van der Waals surface area contributed by atoms with Crippen LogP contribution < -0.4 is 5.73 Å². The van der Waals surface area contributed by atoms with Crippen LogP contribution in [0, 0.1) is 0 Å². The van der Waals surface area contributed by atoms with E-state index in [4.69, 9.17) is 5.73 Å². The molecule has 0 bridgehead atoms. The van der Waals surface area contributed by atoms with Gasteiger partial charge in [-0.3, -0.25) is 0 Å². The number of rotatable bonds is 0. The summed E-state index contributed by atoms with van der Waals surface area (Å²) in [4.78, 5) is 0. The van der Waals surface area contributed by atoms with E-state index >= 15 is 0 Å². The van der Waals surface area contributed by atoms with Crippen molar-refractivity contribution < 1.29 is 0 Å². The van der Waals surface area contributed by atoms with Gasteiger partial charge >= 0.3 is 0 Å². The number of hydrogen-bond donors (Lipinski definition) is 1. The first-order valence-electron chi connectivity index (χ1n) is 4.78. The standard InChI is InChI=1S/C9H17NS2/c10-8-1-4-12-9(7-8)2-5-11-6-3-9/h8H,1-7,10H2. The van der Waals surface area contributed by atoms with Crippen LogP contribution in [0.1, 0.15) is 25.7 Å². The summed E-state index contributed by atoms with van der Waals surface area (Å²) in [6, 6.07) is 0.495. The molecule has 0 saturated carbocycles. The Morgan fingerprint density at radius 3 is 2.58 bits per heavy atom. The molecular weight excluding hydrogens is 186 g/mol. The molecule has 2 saturated heterocycles. The summed E-state index contributed by atoms with van der Waals surface area (Å²) in [5, 5.41) is 0. The predicted octanol–water partition coefficient (Wildman–Crippen LogP) is 2.11. The first-order valence-corrected chi connectivity index (χ1v) is 6.92. The summed E-state index contributed by atoms with van der Waals surface area (Å²) in [7, 11) is 0. The highest BCUT2D eigenvalue weighted by Gasteiger charge is 2.36. The molecule has 0 aromatic carbocycles.